The molecule has 15 heteroatoms. The highest BCUT2D eigenvalue weighted by Gasteiger charge is 2.30. The SMILES string of the molecule is Cc1ccc(S(=O)(=O)O)cc1.FC(F)(F)Oc1ccc(/C=C/c2nc(COc3ccc(COCCn4ccnn4)cc3)co2)cc1. The fraction of sp³-hybridized carbons (Fsp3) is 0.194. The van der Waals surface area contributed by atoms with Gasteiger partial charge in [-0.05, 0) is 60.5 Å². The van der Waals surface area contributed by atoms with Gasteiger partial charge in [-0.25, -0.2) is 4.98 Å². The molecule has 0 amide bonds. The maximum atomic E-state index is 12.2. The summed E-state index contributed by atoms with van der Waals surface area (Å²) in [6.45, 7) is 3.70. The van der Waals surface area contributed by atoms with Crippen LogP contribution < -0.4 is 9.47 Å². The Morgan fingerprint density at radius 1 is 0.935 bits per heavy atom. The molecule has 3 aromatic carbocycles. The van der Waals surface area contributed by atoms with Gasteiger partial charge in [-0.2, -0.15) is 8.42 Å². The summed E-state index contributed by atoms with van der Waals surface area (Å²) in [5.74, 6) is 0.740. The van der Waals surface area contributed by atoms with E-state index in [0.29, 0.717) is 42.7 Å². The summed E-state index contributed by atoms with van der Waals surface area (Å²) >= 11 is 0. The fourth-order valence-electron chi connectivity index (χ4n) is 3.66. The summed E-state index contributed by atoms with van der Waals surface area (Å²) in [7, 11) is -4.02. The minimum atomic E-state index is -4.72. The largest absolute Gasteiger partial charge is 0.573 e. The van der Waals surface area contributed by atoms with Gasteiger partial charge in [0, 0.05) is 12.3 Å². The first kappa shape index (κ1) is 33.9. The number of ether oxygens (including phenoxy) is 3. The first-order chi connectivity index (χ1) is 21.9. The lowest BCUT2D eigenvalue weighted by Crippen LogP contribution is -2.16. The molecule has 0 aliphatic rings. The number of rotatable bonds is 12. The molecule has 46 heavy (non-hydrogen) atoms. The average Bonchev–Trinajstić information content (AvgIpc) is 3.70. The highest BCUT2D eigenvalue weighted by atomic mass is 32.2. The van der Waals surface area contributed by atoms with E-state index in [9.17, 15) is 21.6 Å². The van der Waals surface area contributed by atoms with E-state index >= 15 is 0 Å². The van der Waals surface area contributed by atoms with Crippen LogP contribution in [0, 0.1) is 6.92 Å². The van der Waals surface area contributed by atoms with Crippen LogP contribution in [0.15, 0.2) is 101 Å². The van der Waals surface area contributed by atoms with Gasteiger partial charge in [0.25, 0.3) is 10.1 Å². The standard InChI is InChI=1S/C24H21F3N4O4.C7H8O3S/c25-24(26,27)35-22-8-1-18(2-9-22)5-10-23-29-20(17-34-23)16-33-21-6-3-19(4-7-21)15-32-14-13-31-12-11-28-30-31;1-6-2-4-7(5-3-6)11(8,9)10/h1-12,17H,13-16H2;2-5H,1H3,(H,8,9,10)/b10-5+;. The number of hydrogen-bond acceptors (Lipinski definition) is 9. The van der Waals surface area contributed by atoms with Crippen molar-refractivity contribution in [3.05, 3.63) is 120 Å². The quantitative estimate of drug-likeness (QED) is 0.119. The monoisotopic (exact) mass is 658 g/mol. The van der Waals surface area contributed by atoms with Gasteiger partial charge in [0.1, 0.15) is 30.1 Å². The maximum absolute atomic E-state index is 12.2. The van der Waals surface area contributed by atoms with Crippen LogP contribution in [0.3, 0.4) is 0 Å². The Bertz CT molecular complexity index is 1770. The first-order valence-corrected chi connectivity index (χ1v) is 15.0. The molecule has 0 atom stereocenters. The second-order valence-corrected chi connectivity index (χ2v) is 11.0. The van der Waals surface area contributed by atoms with Crippen molar-refractivity contribution in [1.29, 1.82) is 0 Å². The molecule has 0 saturated carbocycles. The molecular formula is C31H29F3N4O7S. The number of aromatic nitrogens is 4. The molecule has 5 aromatic rings. The van der Waals surface area contributed by atoms with Crippen molar-refractivity contribution in [3.63, 3.8) is 0 Å². The number of hydrogen-bond donors (Lipinski definition) is 1. The summed E-state index contributed by atoms with van der Waals surface area (Å²) in [5.41, 5.74) is 3.23. The topological polar surface area (TPSA) is 139 Å². The van der Waals surface area contributed by atoms with Gasteiger partial charge in [0.2, 0.25) is 5.89 Å². The van der Waals surface area contributed by atoms with E-state index in [4.69, 9.17) is 18.4 Å². The van der Waals surface area contributed by atoms with E-state index in [-0.39, 0.29) is 17.3 Å². The maximum Gasteiger partial charge on any atom is 0.573 e. The van der Waals surface area contributed by atoms with Crippen molar-refractivity contribution >= 4 is 22.3 Å². The number of halogens is 3. The van der Waals surface area contributed by atoms with Crippen molar-refractivity contribution in [3.8, 4) is 11.5 Å². The van der Waals surface area contributed by atoms with Crippen LogP contribution in [0.1, 0.15) is 28.3 Å². The molecular weight excluding hydrogens is 629 g/mol. The van der Waals surface area contributed by atoms with E-state index < -0.39 is 16.5 Å². The van der Waals surface area contributed by atoms with Gasteiger partial charge >= 0.3 is 6.36 Å². The zero-order valence-corrected chi connectivity index (χ0v) is 25.2. The number of alkyl halides is 3. The zero-order valence-electron chi connectivity index (χ0n) is 24.4. The summed E-state index contributed by atoms with van der Waals surface area (Å²) in [5, 5.41) is 7.61. The van der Waals surface area contributed by atoms with Gasteiger partial charge < -0.3 is 18.6 Å². The van der Waals surface area contributed by atoms with Crippen LogP contribution in [0.5, 0.6) is 11.5 Å². The van der Waals surface area contributed by atoms with Crippen molar-refractivity contribution in [2.75, 3.05) is 6.61 Å². The van der Waals surface area contributed by atoms with Crippen LogP contribution in [-0.2, 0) is 34.6 Å². The number of aryl methyl sites for hydroxylation is 1. The number of nitrogens with zero attached hydrogens (tertiary/aromatic N) is 4. The second-order valence-electron chi connectivity index (χ2n) is 9.57. The van der Waals surface area contributed by atoms with Crippen LogP contribution in [0.2, 0.25) is 0 Å². The highest BCUT2D eigenvalue weighted by molar-refractivity contribution is 7.85. The fourth-order valence-corrected chi connectivity index (χ4v) is 4.14. The predicted octanol–water partition coefficient (Wildman–Crippen LogP) is 6.37. The van der Waals surface area contributed by atoms with Gasteiger partial charge in [-0.3, -0.25) is 9.23 Å². The van der Waals surface area contributed by atoms with Gasteiger partial charge in [0.15, 0.2) is 0 Å². The van der Waals surface area contributed by atoms with Crippen molar-refractivity contribution in [1.82, 2.24) is 20.0 Å². The third kappa shape index (κ3) is 11.8. The van der Waals surface area contributed by atoms with E-state index in [0.717, 1.165) is 11.1 Å². The summed E-state index contributed by atoms with van der Waals surface area (Å²) in [6.07, 6.45) is 3.45. The molecule has 0 aliphatic carbocycles. The number of oxazole rings is 1. The molecule has 5 rings (SSSR count). The third-order valence-electron chi connectivity index (χ3n) is 5.94. The van der Waals surface area contributed by atoms with E-state index in [2.05, 4.69) is 20.0 Å². The van der Waals surface area contributed by atoms with E-state index in [1.165, 1.54) is 42.7 Å². The molecule has 0 bridgehead atoms. The molecule has 2 heterocycles. The zero-order chi connectivity index (χ0) is 33.0. The van der Waals surface area contributed by atoms with Gasteiger partial charge in [0.05, 0.1) is 30.9 Å². The van der Waals surface area contributed by atoms with Crippen molar-refractivity contribution < 1.29 is 44.8 Å². The molecule has 0 unspecified atom stereocenters. The predicted molar refractivity (Wildman–Crippen MR) is 160 cm³/mol. The molecule has 2 aromatic heterocycles. The smallest absolute Gasteiger partial charge is 0.487 e. The molecule has 11 nitrogen and oxygen atoms in total. The van der Waals surface area contributed by atoms with E-state index in [1.54, 1.807) is 41.4 Å². The van der Waals surface area contributed by atoms with E-state index in [1.807, 2.05) is 31.2 Å². The lowest BCUT2D eigenvalue weighted by Gasteiger charge is -2.08. The van der Waals surface area contributed by atoms with Gasteiger partial charge in [-0.1, -0.05) is 47.2 Å². The molecule has 242 valence electrons. The number of benzene rings is 3. The Morgan fingerprint density at radius 3 is 2.26 bits per heavy atom. The third-order valence-corrected chi connectivity index (χ3v) is 6.80. The molecule has 0 saturated heterocycles. The average molecular weight is 659 g/mol. The lowest BCUT2D eigenvalue weighted by atomic mass is 10.2. The van der Waals surface area contributed by atoms with Crippen LogP contribution in [0.4, 0.5) is 13.2 Å². The normalized spacial score (nSPS) is 11.7. The Hall–Kier alpha value is -4.99. The van der Waals surface area contributed by atoms with Crippen molar-refractivity contribution in [2.24, 2.45) is 0 Å². The molecule has 0 fully saturated rings. The minimum Gasteiger partial charge on any atom is -0.487 e. The first-order valence-electron chi connectivity index (χ1n) is 13.6. The Kier molecular flexibility index (Phi) is 11.7. The second kappa shape index (κ2) is 15.8. The summed E-state index contributed by atoms with van der Waals surface area (Å²) in [4.78, 5) is 4.24. The van der Waals surface area contributed by atoms with Gasteiger partial charge in [-0.15, -0.1) is 18.3 Å². The van der Waals surface area contributed by atoms with Crippen molar-refractivity contribution in [2.45, 2.75) is 37.9 Å². The molecule has 1 N–H and O–H groups in total. The Balaban J connectivity index is 0.000000369. The minimum absolute atomic E-state index is 0.0666. The lowest BCUT2D eigenvalue weighted by molar-refractivity contribution is -0.274. The van der Waals surface area contributed by atoms with Crippen LogP contribution in [0.25, 0.3) is 12.2 Å². The Labute approximate surface area is 262 Å². The summed E-state index contributed by atoms with van der Waals surface area (Å²) in [6, 6.07) is 19.0. The highest BCUT2D eigenvalue weighted by Crippen LogP contribution is 2.23. The Morgan fingerprint density at radius 2 is 1.63 bits per heavy atom. The van der Waals surface area contributed by atoms with Crippen LogP contribution in [-0.4, -0.2) is 45.9 Å². The summed E-state index contributed by atoms with van der Waals surface area (Å²) < 4.78 is 88.5. The molecule has 0 spiro atoms. The van der Waals surface area contributed by atoms with Crippen LogP contribution >= 0.6 is 0 Å². The molecule has 0 radical (unpaired) electrons. The molecule has 0 aliphatic heterocycles.